The fraction of sp³-hybridized carbons (Fsp3) is 0.536. The largest absolute Gasteiger partial charge is 0.497 e. The zero-order valence-corrected chi connectivity index (χ0v) is 23.0. The molecule has 0 aliphatic heterocycles. The lowest BCUT2D eigenvalue weighted by Gasteiger charge is -2.24. The van der Waals surface area contributed by atoms with E-state index in [0.717, 1.165) is 29.1 Å². The SMILES string of the molecule is CCCCCCCCCCCCc1cc(C)c(N(C)S(=O)(=O)c2ccc(OC)cc2)c(C(=O)NO)c1. The molecule has 0 aliphatic carbocycles. The maximum Gasteiger partial charge on any atom is 0.276 e. The van der Waals surface area contributed by atoms with Crippen molar-refractivity contribution in [3.05, 3.63) is 53.1 Å². The van der Waals surface area contributed by atoms with Crippen LogP contribution in [0.15, 0.2) is 41.3 Å². The molecule has 2 rings (SSSR count). The number of hydroxylamine groups is 1. The highest BCUT2D eigenvalue weighted by Crippen LogP contribution is 2.31. The first-order valence-electron chi connectivity index (χ1n) is 13.0. The first-order valence-corrected chi connectivity index (χ1v) is 14.4. The lowest BCUT2D eigenvalue weighted by atomic mass is 9.98. The van der Waals surface area contributed by atoms with Crippen molar-refractivity contribution >= 4 is 21.6 Å². The molecule has 0 fully saturated rings. The molecule has 0 aromatic heterocycles. The number of nitrogens with one attached hydrogen (secondary N) is 1. The predicted octanol–water partition coefficient (Wildman–Crippen LogP) is 6.41. The smallest absolute Gasteiger partial charge is 0.276 e. The maximum absolute atomic E-state index is 13.3. The van der Waals surface area contributed by atoms with Gasteiger partial charge in [-0.25, -0.2) is 13.9 Å². The van der Waals surface area contributed by atoms with Crippen LogP contribution in [0, 0.1) is 6.92 Å². The van der Waals surface area contributed by atoms with Gasteiger partial charge in [-0.1, -0.05) is 70.8 Å². The van der Waals surface area contributed by atoms with Crippen LogP contribution >= 0.6 is 0 Å². The lowest BCUT2D eigenvalue weighted by molar-refractivity contribution is 0.0707. The van der Waals surface area contributed by atoms with Gasteiger partial charge in [0.15, 0.2) is 0 Å². The van der Waals surface area contributed by atoms with Crippen LogP contribution in [0.1, 0.15) is 92.6 Å². The van der Waals surface area contributed by atoms with Gasteiger partial charge < -0.3 is 4.74 Å². The summed E-state index contributed by atoms with van der Waals surface area (Å²) in [6.45, 7) is 4.02. The Labute approximate surface area is 216 Å². The summed E-state index contributed by atoms with van der Waals surface area (Å²) in [6.07, 6.45) is 13.2. The third kappa shape index (κ3) is 8.23. The third-order valence-corrected chi connectivity index (χ3v) is 8.33. The van der Waals surface area contributed by atoms with Crippen LogP contribution in [-0.4, -0.2) is 33.7 Å². The third-order valence-electron chi connectivity index (χ3n) is 6.56. The van der Waals surface area contributed by atoms with Crippen molar-refractivity contribution in [2.45, 2.75) is 89.4 Å². The van der Waals surface area contributed by atoms with Crippen molar-refractivity contribution in [1.82, 2.24) is 5.48 Å². The highest BCUT2D eigenvalue weighted by molar-refractivity contribution is 7.92. The molecular weight excluding hydrogens is 476 g/mol. The van der Waals surface area contributed by atoms with E-state index in [9.17, 15) is 18.4 Å². The van der Waals surface area contributed by atoms with Crippen LogP contribution in [0.5, 0.6) is 5.75 Å². The normalized spacial score (nSPS) is 11.4. The number of amides is 1. The van der Waals surface area contributed by atoms with Crippen LogP contribution in [-0.2, 0) is 16.4 Å². The highest BCUT2D eigenvalue weighted by atomic mass is 32.2. The number of unbranched alkanes of at least 4 members (excludes halogenated alkanes) is 9. The second-order valence-corrected chi connectivity index (χ2v) is 11.3. The summed E-state index contributed by atoms with van der Waals surface area (Å²) in [5.74, 6) is -0.195. The van der Waals surface area contributed by atoms with Crippen molar-refractivity contribution in [2.75, 3.05) is 18.5 Å². The Hall–Kier alpha value is -2.58. The molecule has 36 heavy (non-hydrogen) atoms. The molecule has 0 unspecified atom stereocenters. The Balaban J connectivity index is 2.09. The van der Waals surface area contributed by atoms with Gasteiger partial charge in [-0.15, -0.1) is 0 Å². The Bertz CT molecular complexity index is 1070. The van der Waals surface area contributed by atoms with Crippen LogP contribution in [0.4, 0.5) is 5.69 Å². The molecule has 8 heteroatoms. The number of sulfonamides is 1. The summed E-state index contributed by atoms with van der Waals surface area (Å²) in [6, 6.07) is 9.69. The van der Waals surface area contributed by atoms with Gasteiger partial charge in [0.1, 0.15) is 5.75 Å². The Morgan fingerprint density at radius 1 is 0.944 bits per heavy atom. The van der Waals surface area contributed by atoms with Gasteiger partial charge >= 0.3 is 0 Å². The Morgan fingerprint density at radius 3 is 2.03 bits per heavy atom. The van der Waals surface area contributed by atoms with E-state index in [1.54, 1.807) is 30.6 Å². The number of hydrogen-bond acceptors (Lipinski definition) is 5. The van der Waals surface area contributed by atoms with E-state index in [1.807, 2.05) is 6.07 Å². The minimum Gasteiger partial charge on any atom is -0.497 e. The summed E-state index contributed by atoms with van der Waals surface area (Å²) >= 11 is 0. The van der Waals surface area contributed by atoms with E-state index in [1.165, 1.54) is 77.7 Å². The van der Waals surface area contributed by atoms with Gasteiger partial charge in [0.2, 0.25) is 0 Å². The number of aryl methyl sites for hydroxylation is 2. The molecule has 0 atom stereocenters. The minimum absolute atomic E-state index is 0.0787. The molecule has 0 spiro atoms. The molecule has 0 bridgehead atoms. The number of carbonyl (C=O) groups excluding carboxylic acids is 1. The van der Waals surface area contributed by atoms with Crippen molar-refractivity contribution in [2.24, 2.45) is 0 Å². The van der Waals surface area contributed by atoms with E-state index in [4.69, 9.17) is 4.74 Å². The monoisotopic (exact) mass is 518 g/mol. The molecule has 0 heterocycles. The summed E-state index contributed by atoms with van der Waals surface area (Å²) in [7, 11) is -1.01. The average Bonchev–Trinajstić information content (AvgIpc) is 2.88. The Morgan fingerprint density at radius 2 is 1.50 bits per heavy atom. The van der Waals surface area contributed by atoms with Crippen LogP contribution in [0.2, 0.25) is 0 Å². The number of ether oxygens (including phenoxy) is 1. The second-order valence-electron chi connectivity index (χ2n) is 9.33. The van der Waals surface area contributed by atoms with Gasteiger partial charge in [0, 0.05) is 7.05 Å². The van der Waals surface area contributed by atoms with Crippen LogP contribution in [0.3, 0.4) is 0 Å². The molecule has 7 nitrogen and oxygen atoms in total. The van der Waals surface area contributed by atoms with Crippen molar-refractivity contribution in [1.29, 1.82) is 0 Å². The zero-order chi connectivity index (χ0) is 26.6. The fourth-order valence-electron chi connectivity index (χ4n) is 4.49. The quantitative estimate of drug-likeness (QED) is 0.152. The molecular formula is C28H42N2O5S. The van der Waals surface area contributed by atoms with Gasteiger partial charge in [0.05, 0.1) is 23.3 Å². The molecule has 0 saturated carbocycles. The first-order chi connectivity index (χ1) is 17.3. The molecule has 0 saturated heterocycles. The lowest BCUT2D eigenvalue weighted by Crippen LogP contribution is -2.31. The number of rotatable bonds is 16. The Kier molecular flexibility index (Phi) is 12.2. The number of nitrogens with zero attached hydrogens (tertiary/aromatic N) is 1. The van der Waals surface area contributed by atoms with Gasteiger partial charge in [0.25, 0.3) is 15.9 Å². The van der Waals surface area contributed by atoms with E-state index >= 15 is 0 Å². The average molecular weight is 519 g/mol. The van der Waals surface area contributed by atoms with Gasteiger partial charge in [-0.05, 0) is 61.2 Å². The first kappa shape index (κ1) is 29.6. The number of benzene rings is 2. The van der Waals surface area contributed by atoms with E-state index in [-0.39, 0.29) is 16.1 Å². The number of hydrogen-bond donors (Lipinski definition) is 2. The van der Waals surface area contributed by atoms with Crippen LogP contribution < -0.4 is 14.5 Å². The maximum atomic E-state index is 13.3. The molecule has 0 radical (unpaired) electrons. The van der Waals surface area contributed by atoms with E-state index in [2.05, 4.69) is 6.92 Å². The van der Waals surface area contributed by atoms with Gasteiger partial charge in [-0.3, -0.25) is 14.3 Å². The summed E-state index contributed by atoms with van der Waals surface area (Å²) in [4.78, 5) is 12.6. The summed E-state index contributed by atoms with van der Waals surface area (Å²) in [5, 5.41) is 9.34. The molecule has 2 aromatic rings. The highest BCUT2D eigenvalue weighted by Gasteiger charge is 2.27. The van der Waals surface area contributed by atoms with Gasteiger partial charge in [-0.2, -0.15) is 0 Å². The molecule has 1 amide bonds. The van der Waals surface area contributed by atoms with E-state index < -0.39 is 15.9 Å². The molecule has 2 N–H and O–H groups in total. The summed E-state index contributed by atoms with van der Waals surface area (Å²) in [5.41, 5.74) is 3.63. The minimum atomic E-state index is -3.94. The number of anilines is 1. The van der Waals surface area contributed by atoms with Crippen molar-refractivity contribution < 1.29 is 23.2 Å². The molecule has 0 aliphatic rings. The fourth-order valence-corrected chi connectivity index (χ4v) is 5.77. The van der Waals surface area contributed by atoms with Crippen LogP contribution in [0.25, 0.3) is 0 Å². The van der Waals surface area contributed by atoms with E-state index in [0.29, 0.717) is 11.3 Å². The number of methoxy groups -OCH3 is 1. The molecule has 2 aromatic carbocycles. The predicted molar refractivity (Wildman–Crippen MR) is 145 cm³/mol. The second kappa shape index (κ2) is 14.9. The summed E-state index contributed by atoms with van der Waals surface area (Å²) < 4.78 is 32.8. The standard InChI is InChI=1S/C28H42N2O5S/c1-5-6-7-8-9-10-11-12-13-14-15-23-20-22(2)27(26(21-23)28(31)29-32)30(3)36(33,34)25-18-16-24(35-4)17-19-25/h16-21,32H,5-15H2,1-4H3,(H,29,31). The van der Waals surface area contributed by atoms with Crippen molar-refractivity contribution in [3.63, 3.8) is 0 Å². The van der Waals surface area contributed by atoms with Crippen molar-refractivity contribution in [3.8, 4) is 5.75 Å². The number of carbonyl (C=O) groups is 1. The molecule has 200 valence electrons. The topological polar surface area (TPSA) is 95.9 Å². The zero-order valence-electron chi connectivity index (χ0n) is 22.2.